The van der Waals surface area contributed by atoms with Crippen LogP contribution in [0, 0.1) is 10.1 Å². The Balaban J connectivity index is 2.50. The summed E-state index contributed by atoms with van der Waals surface area (Å²) in [6.07, 6.45) is 0. The summed E-state index contributed by atoms with van der Waals surface area (Å²) in [5.74, 6) is 0. The largest absolute Gasteiger partial charge is 0.349 e. The van der Waals surface area contributed by atoms with E-state index in [1.165, 1.54) is 24.3 Å². The number of non-ortho nitro benzene ring substituents is 1. The van der Waals surface area contributed by atoms with Crippen molar-refractivity contribution in [2.45, 2.75) is 0 Å². The van der Waals surface area contributed by atoms with Crippen molar-refractivity contribution in [3.63, 3.8) is 0 Å². The summed E-state index contributed by atoms with van der Waals surface area (Å²) in [6, 6.07) is 5.22. The average molecular weight is 222 g/mol. The van der Waals surface area contributed by atoms with E-state index in [1.807, 2.05) is 4.98 Å². The van der Waals surface area contributed by atoms with Gasteiger partial charge in [0.15, 0.2) is 0 Å². The minimum Gasteiger partial charge on any atom is -0.258 e. The zero-order valence-corrected chi connectivity index (χ0v) is 7.84. The third-order valence-corrected chi connectivity index (χ3v) is 1.96. The second kappa shape index (κ2) is 3.50. The summed E-state index contributed by atoms with van der Waals surface area (Å²) in [7, 11) is 0. The van der Waals surface area contributed by atoms with Crippen LogP contribution >= 0.6 is 0 Å². The molecule has 1 aromatic heterocycles. The first-order valence-electron chi connectivity index (χ1n) is 4.24. The Hall–Kier alpha value is -2.64. The molecular formula is C8H6N4O4. The number of aromatic nitrogens is 3. The predicted octanol–water partition coefficient (Wildman–Crippen LogP) is -0.238. The highest BCUT2D eigenvalue weighted by Crippen LogP contribution is 2.12. The normalized spacial score (nSPS) is 10.2. The van der Waals surface area contributed by atoms with Crippen molar-refractivity contribution in [1.82, 2.24) is 14.8 Å². The number of benzene rings is 1. The molecular weight excluding hydrogens is 216 g/mol. The van der Waals surface area contributed by atoms with E-state index in [0.717, 1.165) is 4.68 Å². The maximum Gasteiger partial charge on any atom is 0.349 e. The molecule has 2 rings (SSSR count). The van der Waals surface area contributed by atoms with Crippen molar-refractivity contribution in [3.05, 3.63) is 55.3 Å². The monoisotopic (exact) mass is 222 g/mol. The molecule has 0 saturated heterocycles. The molecule has 0 atom stereocenters. The number of nitrogens with one attached hydrogen (secondary N) is 2. The molecule has 0 saturated carbocycles. The van der Waals surface area contributed by atoms with Crippen molar-refractivity contribution in [1.29, 1.82) is 0 Å². The fourth-order valence-electron chi connectivity index (χ4n) is 1.24. The lowest BCUT2D eigenvalue weighted by molar-refractivity contribution is -0.384. The molecule has 8 heteroatoms. The van der Waals surface area contributed by atoms with E-state index >= 15 is 0 Å². The number of H-pyrrole nitrogens is 2. The Morgan fingerprint density at radius 2 is 1.81 bits per heavy atom. The van der Waals surface area contributed by atoms with Gasteiger partial charge in [-0.05, 0) is 12.1 Å². The van der Waals surface area contributed by atoms with Gasteiger partial charge in [-0.15, -0.1) is 0 Å². The fraction of sp³-hybridized carbons (Fsp3) is 0. The first-order valence-corrected chi connectivity index (χ1v) is 4.24. The molecule has 1 aromatic carbocycles. The molecule has 1 heterocycles. The van der Waals surface area contributed by atoms with Crippen LogP contribution in [-0.2, 0) is 0 Å². The van der Waals surface area contributed by atoms with Crippen LogP contribution in [0.5, 0.6) is 0 Å². The smallest absolute Gasteiger partial charge is 0.258 e. The average Bonchev–Trinajstić information content (AvgIpc) is 2.58. The van der Waals surface area contributed by atoms with Gasteiger partial charge in [0.25, 0.3) is 5.69 Å². The Morgan fingerprint density at radius 3 is 2.25 bits per heavy atom. The lowest BCUT2D eigenvalue weighted by Gasteiger charge is -1.98. The van der Waals surface area contributed by atoms with Gasteiger partial charge in [0, 0.05) is 12.1 Å². The Kier molecular flexibility index (Phi) is 2.16. The molecule has 8 nitrogen and oxygen atoms in total. The number of rotatable bonds is 2. The molecule has 0 fully saturated rings. The van der Waals surface area contributed by atoms with Gasteiger partial charge in [-0.1, -0.05) is 0 Å². The number of hydrogen-bond donors (Lipinski definition) is 2. The van der Waals surface area contributed by atoms with Gasteiger partial charge in [0.05, 0.1) is 10.6 Å². The standard InChI is InChI=1S/C8H6N4O4/c13-7-9-8(14)11(10-7)5-1-3-6(4-2-5)12(15)16/h1-4H,(H2,9,10,13,14). The van der Waals surface area contributed by atoms with Gasteiger partial charge < -0.3 is 0 Å². The fourth-order valence-corrected chi connectivity index (χ4v) is 1.24. The maximum atomic E-state index is 11.2. The minimum absolute atomic E-state index is 0.0883. The van der Waals surface area contributed by atoms with E-state index in [0.29, 0.717) is 5.69 Å². The molecule has 0 bridgehead atoms. The summed E-state index contributed by atoms with van der Waals surface area (Å²) in [5.41, 5.74) is -1.01. The highest BCUT2D eigenvalue weighted by molar-refractivity contribution is 5.39. The molecule has 0 unspecified atom stereocenters. The summed E-state index contributed by atoms with van der Waals surface area (Å²) in [5, 5.41) is 12.6. The van der Waals surface area contributed by atoms with Crippen LogP contribution < -0.4 is 11.4 Å². The van der Waals surface area contributed by atoms with E-state index in [2.05, 4.69) is 5.10 Å². The summed E-state index contributed by atoms with van der Waals surface area (Å²) in [6.45, 7) is 0. The Bertz CT molecular complexity index is 633. The summed E-state index contributed by atoms with van der Waals surface area (Å²) in [4.78, 5) is 33.9. The zero-order chi connectivity index (χ0) is 11.7. The van der Waals surface area contributed by atoms with Crippen molar-refractivity contribution in [3.8, 4) is 5.69 Å². The molecule has 16 heavy (non-hydrogen) atoms. The molecule has 2 N–H and O–H groups in total. The number of hydrogen-bond acceptors (Lipinski definition) is 4. The number of aromatic amines is 2. The molecule has 0 spiro atoms. The van der Waals surface area contributed by atoms with Gasteiger partial charge in [-0.3, -0.25) is 15.1 Å². The van der Waals surface area contributed by atoms with Gasteiger partial charge in [-0.25, -0.2) is 19.4 Å². The van der Waals surface area contributed by atoms with Crippen LogP contribution in [0.15, 0.2) is 33.9 Å². The highest BCUT2D eigenvalue weighted by Gasteiger charge is 2.07. The van der Waals surface area contributed by atoms with Crippen LogP contribution in [0.2, 0.25) is 0 Å². The Morgan fingerprint density at radius 1 is 1.19 bits per heavy atom. The second-order valence-corrected chi connectivity index (χ2v) is 2.98. The van der Waals surface area contributed by atoms with Crippen molar-refractivity contribution >= 4 is 5.69 Å². The molecule has 82 valence electrons. The van der Waals surface area contributed by atoms with E-state index in [-0.39, 0.29) is 5.69 Å². The van der Waals surface area contributed by atoms with Crippen molar-refractivity contribution < 1.29 is 4.92 Å². The number of nitro benzene ring substituents is 1. The summed E-state index contributed by atoms with van der Waals surface area (Å²) < 4.78 is 0.964. The van der Waals surface area contributed by atoms with Crippen LogP contribution in [-0.4, -0.2) is 19.7 Å². The minimum atomic E-state index is -0.636. The van der Waals surface area contributed by atoms with E-state index in [1.54, 1.807) is 0 Å². The van der Waals surface area contributed by atoms with Gasteiger partial charge in [0.2, 0.25) is 0 Å². The van der Waals surface area contributed by atoms with Gasteiger partial charge in [0.1, 0.15) is 0 Å². The van der Waals surface area contributed by atoms with Gasteiger partial charge in [-0.2, -0.15) is 0 Å². The molecule has 0 radical (unpaired) electrons. The van der Waals surface area contributed by atoms with E-state index in [9.17, 15) is 19.7 Å². The van der Waals surface area contributed by atoms with Crippen LogP contribution in [0.4, 0.5) is 5.69 Å². The zero-order valence-electron chi connectivity index (χ0n) is 7.84. The third kappa shape index (κ3) is 1.63. The molecule has 2 aromatic rings. The number of nitro groups is 1. The second-order valence-electron chi connectivity index (χ2n) is 2.98. The van der Waals surface area contributed by atoms with Crippen molar-refractivity contribution in [2.75, 3.05) is 0 Å². The molecule has 0 amide bonds. The van der Waals surface area contributed by atoms with E-state index < -0.39 is 16.3 Å². The molecule has 0 aliphatic heterocycles. The summed E-state index contributed by atoms with van der Waals surface area (Å²) >= 11 is 0. The number of nitrogens with zero attached hydrogens (tertiary/aromatic N) is 2. The van der Waals surface area contributed by atoms with Gasteiger partial charge >= 0.3 is 11.4 Å². The first-order chi connectivity index (χ1) is 7.58. The SMILES string of the molecule is O=c1[nH]c(=O)n(-c2ccc([N+](=O)[O-])cc2)[nH]1. The van der Waals surface area contributed by atoms with Crippen LogP contribution in [0.3, 0.4) is 0 Å². The predicted molar refractivity (Wildman–Crippen MR) is 53.7 cm³/mol. The van der Waals surface area contributed by atoms with Crippen molar-refractivity contribution in [2.24, 2.45) is 0 Å². The first kappa shape index (κ1) is 9.90. The maximum absolute atomic E-state index is 11.2. The lowest BCUT2D eigenvalue weighted by atomic mass is 10.3. The lowest BCUT2D eigenvalue weighted by Crippen LogP contribution is -2.15. The third-order valence-electron chi connectivity index (χ3n) is 1.96. The van der Waals surface area contributed by atoms with Crippen LogP contribution in [0.1, 0.15) is 0 Å². The van der Waals surface area contributed by atoms with Crippen LogP contribution in [0.25, 0.3) is 5.69 Å². The topological polar surface area (TPSA) is 114 Å². The quantitative estimate of drug-likeness (QED) is 0.539. The highest BCUT2D eigenvalue weighted by atomic mass is 16.6. The molecule has 0 aliphatic carbocycles. The Labute approximate surface area is 87.3 Å². The molecule has 0 aliphatic rings. The van der Waals surface area contributed by atoms with E-state index in [4.69, 9.17) is 0 Å².